The number of hydrogen-bond acceptors (Lipinski definition) is 10. The SMILES string of the molecule is COc1ccc2cc1Oc1cccc(OC)c1CNC(=O)[C@@H](C(C)C)NC(=O)[C@H]([C@@H](C)O)NC(=O)CN(C(=O)c1cccnc1)CCCCNC2=O. The smallest absolute Gasteiger partial charge is 0.255 e. The summed E-state index contributed by atoms with van der Waals surface area (Å²) >= 11 is 0. The van der Waals surface area contributed by atoms with Gasteiger partial charge < -0.3 is 45.5 Å². The van der Waals surface area contributed by atoms with Gasteiger partial charge >= 0.3 is 0 Å². The molecule has 0 unspecified atom stereocenters. The zero-order valence-electron chi connectivity index (χ0n) is 29.9. The summed E-state index contributed by atoms with van der Waals surface area (Å²) in [4.78, 5) is 72.3. The number of fused-ring (bicyclic) bond motifs is 3. The molecule has 0 radical (unpaired) electrons. The van der Waals surface area contributed by atoms with E-state index in [1.165, 1.54) is 38.4 Å². The van der Waals surface area contributed by atoms with Gasteiger partial charge in [-0.1, -0.05) is 19.9 Å². The summed E-state index contributed by atoms with van der Waals surface area (Å²) < 4.78 is 17.3. The van der Waals surface area contributed by atoms with Crippen molar-refractivity contribution in [1.82, 2.24) is 31.2 Å². The van der Waals surface area contributed by atoms with Gasteiger partial charge in [-0.3, -0.25) is 29.0 Å². The van der Waals surface area contributed by atoms with Crippen molar-refractivity contribution in [2.45, 2.75) is 58.3 Å². The Kier molecular flexibility index (Phi) is 13.9. The predicted octanol–water partition coefficient (Wildman–Crippen LogP) is 2.18. The summed E-state index contributed by atoms with van der Waals surface area (Å²) in [6.07, 6.45) is 2.44. The van der Waals surface area contributed by atoms with E-state index in [1.807, 2.05) is 0 Å². The fourth-order valence-corrected chi connectivity index (χ4v) is 5.54. The molecule has 1 aromatic heterocycles. The minimum atomic E-state index is -1.44. The molecule has 3 atom stereocenters. The Hall–Kier alpha value is -5.70. The molecule has 1 aliphatic heterocycles. The first-order valence-corrected chi connectivity index (χ1v) is 17.0. The molecular weight excluding hydrogens is 672 g/mol. The second-order valence-corrected chi connectivity index (χ2v) is 12.6. The summed E-state index contributed by atoms with van der Waals surface area (Å²) in [5, 5.41) is 21.4. The van der Waals surface area contributed by atoms with Crippen LogP contribution in [0.2, 0.25) is 0 Å². The number of amides is 5. The Labute approximate surface area is 302 Å². The maximum atomic E-state index is 13.6. The molecular formula is C37H46N6O9. The van der Waals surface area contributed by atoms with E-state index in [4.69, 9.17) is 14.2 Å². The zero-order chi connectivity index (χ0) is 37.8. The van der Waals surface area contributed by atoms with Crippen LogP contribution in [0, 0.1) is 5.92 Å². The number of benzene rings is 2. The van der Waals surface area contributed by atoms with Gasteiger partial charge in [0.25, 0.3) is 11.8 Å². The first kappa shape index (κ1) is 39.1. The highest BCUT2D eigenvalue weighted by Crippen LogP contribution is 2.37. The quantitative estimate of drug-likeness (QED) is 0.261. The number of carbonyl (C=O) groups excluding carboxylic acids is 5. The van der Waals surface area contributed by atoms with Crippen molar-refractivity contribution in [1.29, 1.82) is 0 Å². The van der Waals surface area contributed by atoms with Gasteiger partial charge in [-0.15, -0.1) is 0 Å². The third-order valence-corrected chi connectivity index (χ3v) is 8.39. The van der Waals surface area contributed by atoms with E-state index in [1.54, 1.807) is 62.4 Å². The molecule has 2 aromatic carbocycles. The summed E-state index contributed by atoms with van der Waals surface area (Å²) in [5.74, 6) is -1.93. The van der Waals surface area contributed by atoms with Gasteiger partial charge in [0.2, 0.25) is 17.7 Å². The van der Waals surface area contributed by atoms with Crippen LogP contribution in [-0.4, -0.2) is 96.6 Å². The van der Waals surface area contributed by atoms with Crippen LogP contribution in [-0.2, 0) is 20.9 Å². The summed E-state index contributed by atoms with van der Waals surface area (Å²) in [5.41, 5.74) is 1.04. The van der Waals surface area contributed by atoms with Crippen molar-refractivity contribution in [3.8, 4) is 23.0 Å². The van der Waals surface area contributed by atoms with Crippen molar-refractivity contribution in [3.63, 3.8) is 0 Å². The third-order valence-electron chi connectivity index (χ3n) is 8.39. The molecule has 0 aliphatic carbocycles. The first-order chi connectivity index (χ1) is 24.9. The van der Waals surface area contributed by atoms with Gasteiger partial charge in [0, 0.05) is 31.0 Å². The van der Waals surface area contributed by atoms with Gasteiger partial charge in [0.05, 0.1) is 44.5 Å². The molecule has 0 fully saturated rings. The molecule has 278 valence electrons. The predicted molar refractivity (Wildman–Crippen MR) is 190 cm³/mol. The topological polar surface area (TPSA) is 198 Å². The van der Waals surface area contributed by atoms with Crippen molar-refractivity contribution >= 4 is 29.5 Å². The molecule has 0 saturated carbocycles. The lowest BCUT2D eigenvalue weighted by atomic mass is 10.0. The third kappa shape index (κ3) is 10.2. The number of pyridine rings is 1. The van der Waals surface area contributed by atoms with Crippen LogP contribution >= 0.6 is 0 Å². The summed E-state index contributed by atoms with van der Waals surface area (Å²) in [7, 11) is 2.95. The monoisotopic (exact) mass is 718 g/mol. The zero-order valence-corrected chi connectivity index (χ0v) is 29.9. The van der Waals surface area contributed by atoms with Crippen molar-refractivity contribution in [3.05, 3.63) is 77.6 Å². The molecule has 5 N–H and O–H groups in total. The van der Waals surface area contributed by atoms with Crippen LogP contribution in [0.4, 0.5) is 0 Å². The minimum absolute atomic E-state index is 0.0723. The maximum absolute atomic E-state index is 13.6. The number of aliphatic hydroxyl groups is 1. The number of hydrogen-bond donors (Lipinski definition) is 5. The Bertz CT molecular complexity index is 1730. The molecule has 1 aliphatic rings. The van der Waals surface area contributed by atoms with Gasteiger partial charge in [-0.2, -0.15) is 0 Å². The van der Waals surface area contributed by atoms with Crippen LogP contribution in [0.15, 0.2) is 60.9 Å². The van der Waals surface area contributed by atoms with E-state index in [0.29, 0.717) is 41.2 Å². The standard InChI is InChI=1S/C37H46N6O9/c1-22(2)32-35(47)40-20-26-27(50-4)11-8-12-28(26)52-30-18-24(13-14-29(30)51-5)34(46)39-16-6-7-17-43(37(49)25-10-9-15-38-19-25)21-31(45)41-33(23(3)44)36(48)42-32/h8-15,18-19,22-23,32-33,44H,6-7,16-17,20-21H2,1-5H3,(H,39,46)(H,40,47)(H,41,45)(H,42,48)/t23-,32-,33+/m1/s1. The van der Waals surface area contributed by atoms with E-state index in [2.05, 4.69) is 26.3 Å². The number of nitrogens with one attached hydrogen (secondary N) is 4. The summed E-state index contributed by atoms with van der Waals surface area (Å²) in [6, 6.07) is 10.5. The largest absolute Gasteiger partial charge is 0.496 e. The van der Waals surface area contributed by atoms with Gasteiger partial charge in [-0.25, -0.2) is 0 Å². The molecule has 2 heterocycles. The molecule has 15 nitrogen and oxygen atoms in total. The molecule has 4 rings (SSSR count). The van der Waals surface area contributed by atoms with Gasteiger partial charge in [0.15, 0.2) is 11.5 Å². The fraction of sp³-hybridized carbons (Fsp3) is 0.405. The number of nitrogens with zero attached hydrogens (tertiary/aromatic N) is 2. The highest BCUT2D eigenvalue weighted by molar-refractivity contribution is 5.97. The van der Waals surface area contributed by atoms with Crippen LogP contribution < -0.4 is 35.5 Å². The number of methoxy groups -OCH3 is 2. The second kappa shape index (κ2) is 18.5. The molecule has 3 aromatic rings. The normalized spacial score (nSPS) is 18.8. The van der Waals surface area contributed by atoms with E-state index in [-0.39, 0.29) is 36.9 Å². The lowest BCUT2D eigenvalue weighted by Crippen LogP contribution is -2.59. The first-order valence-electron chi connectivity index (χ1n) is 17.0. The Balaban J connectivity index is 1.68. The van der Waals surface area contributed by atoms with Crippen LogP contribution in [0.3, 0.4) is 0 Å². The molecule has 0 saturated heterocycles. The average Bonchev–Trinajstić information content (AvgIpc) is 3.13. The Morgan fingerprint density at radius 2 is 1.67 bits per heavy atom. The highest BCUT2D eigenvalue weighted by atomic mass is 16.5. The summed E-state index contributed by atoms with van der Waals surface area (Å²) in [6.45, 7) is 4.72. The van der Waals surface area contributed by atoms with E-state index >= 15 is 0 Å². The lowest BCUT2D eigenvalue weighted by Gasteiger charge is -2.28. The minimum Gasteiger partial charge on any atom is -0.496 e. The number of rotatable bonds is 5. The van der Waals surface area contributed by atoms with Crippen LogP contribution in [0.25, 0.3) is 0 Å². The number of carbonyl (C=O) groups is 5. The average molecular weight is 719 g/mol. The molecule has 15 heteroatoms. The van der Waals surface area contributed by atoms with Gasteiger partial charge in [0.1, 0.15) is 23.6 Å². The van der Waals surface area contributed by atoms with Crippen LogP contribution in [0.1, 0.15) is 59.9 Å². The molecule has 5 amide bonds. The molecule has 2 bridgehead atoms. The van der Waals surface area contributed by atoms with E-state index in [0.717, 1.165) is 0 Å². The Morgan fingerprint density at radius 3 is 2.35 bits per heavy atom. The van der Waals surface area contributed by atoms with Crippen LogP contribution in [0.5, 0.6) is 23.0 Å². The fourth-order valence-electron chi connectivity index (χ4n) is 5.54. The number of aromatic nitrogens is 1. The second-order valence-electron chi connectivity index (χ2n) is 12.6. The molecule has 52 heavy (non-hydrogen) atoms. The maximum Gasteiger partial charge on any atom is 0.255 e. The van der Waals surface area contributed by atoms with Gasteiger partial charge in [-0.05, 0) is 68.1 Å². The Morgan fingerprint density at radius 1 is 0.904 bits per heavy atom. The van der Waals surface area contributed by atoms with E-state index in [9.17, 15) is 29.1 Å². The number of ether oxygens (including phenoxy) is 3. The van der Waals surface area contributed by atoms with Crippen molar-refractivity contribution in [2.75, 3.05) is 33.9 Å². The van der Waals surface area contributed by atoms with Crippen molar-refractivity contribution in [2.24, 2.45) is 5.92 Å². The highest BCUT2D eigenvalue weighted by Gasteiger charge is 2.32. The number of aliphatic hydroxyl groups excluding tert-OH is 1. The lowest BCUT2D eigenvalue weighted by molar-refractivity contribution is -0.135. The van der Waals surface area contributed by atoms with Crippen molar-refractivity contribution < 1.29 is 43.3 Å². The van der Waals surface area contributed by atoms with E-state index < -0.39 is 54.3 Å². The molecule has 0 spiro atoms.